The minimum atomic E-state index is -0.258. The van der Waals surface area contributed by atoms with E-state index in [4.69, 9.17) is 4.74 Å². The highest BCUT2D eigenvalue weighted by molar-refractivity contribution is 5.45. The van der Waals surface area contributed by atoms with E-state index in [0.717, 1.165) is 11.1 Å². The molecule has 0 aliphatic rings. The van der Waals surface area contributed by atoms with Gasteiger partial charge in [-0.15, -0.1) is 0 Å². The number of benzene rings is 2. The standard InChI is InChI=1S/C17H20FNO/c1-11-6-5-7-14(12(11)2)17(19-3)15-10-13(18)8-9-16(15)20-4/h5-10,17,19H,1-4H3. The smallest absolute Gasteiger partial charge is 0.124 e. The summed E-state index contributed by atoms with van der Waals surface area (Å²) >= 11 is 0. The van der Waals surface area contributed by atoms with Crippen LogP contribution >= 0.6 is 0 Å². The first-order chi connectivity index (χ1) is 9.58. The highest BCUT2D eigenvalue weighted by Gasteiger charge is 2.19. The first-order valence-corrected chi connectivity index (χ1v) is 6.65. The Morgan fingerprint density at radius 1 is 1.10 bits per heavy atom. The SMILES string of the molecule is CNC(c1cc(F)ccc1OC)c1cccc(C)c1C. The van der Waals surface area contributed by atoms with Crippen LogP contribution in [0.25, 0.3) is 0 Å². The summed E-state index contributed by atoms with van der Waals surface area (Å²) in [4.78, 5) is 0. The van der Waals surface area contributed by atoms with Gasteiger partial charge >= 0.3 is 0 Å². The molecule has 0 aliphatic heterocycles. The van der Waals surface area contributed by atoms with Gasteiger partial charge in [-0.2, -0.15) is 0 Å². The minimum absolute atomic E-state index is 0.0967. The van der Waals surface area contributed by atoms with Gasteiger partial charge in [0.25, 0.3) is 0 Å². The number of hydrogen-bond acceptors (Lipinski definition) is 2. The van der Waals surface area contributed by atoms with Crippen LogP contribution in [-0.4, -0.2) is 14.2 Å². The Morgan fingerprint density at radius 2 is 1.85 bits per heavy atom. The third kappa shape index (κ3) is 2.68. The lowest BCUT2D eigenvalue weighted by Crippen LogP contribution is -2.20. The first kappa shape index (κ1) is 14.5. The third-order valence-electron chi connectivity index (χ3n) is 3.75. The maximum atomic E-state index is 13.6. The molecule has 3 heteroatoms. The molecule has 0 spiro atoms. The second-order valence-electron chi connectivity index (χ2n) is 4.90. The maximum Gasteiger partial charge on any atom is 0.124 e. The monoisotopic (exact) mass is 273 g/mol. The van der Waals surface area contributed by atoms with Gasteiger partial charge in [0.15, 0.2) is 0 Å². The largest absolute Gasteiger partial charge is 0.496 e. The fraction of sp³-hybridized carbons (Fsp3) is 0.294. The van der Waals surface area contributed by atoms with E-state index in [1.54, 1.807) is 13.2 Å². The van der Waals surface area contributed by atoms with E-state index in [9.17, 15) is 4.39 Å². The Morgan fingerprint density at radius 3 is 2.50 bits per heavy atom. The Hall–Kier alpha value is -1.87. The van der Waals surface area contributed by atoms with Crippen LogP contribution in [-0.2, 0) is 0 Å². The summed E-state index contributed by atoms with van der Waals surface area (Å²) in [5, 5.41) is 3.26. The van der Waals surface area contributed by atoms with Gasteiger partial charge in [-0.25, -0.2) is 4.39 Å². The van der Waals surface area contributed by atoms with Gasteiger partial charge in [-0.3, -0.25) is 0 Å². The molecule has 0 saturated carbocycles. The van der Waals surface area contributed by atoms with E-state index in [1.807, 2.05) is 13.1 Å². The summed E-state index contributed by atoms with van der Waals surface area (Å²) in [6, 6.07) is 10.7. The molecule has 2 rings (SSSR count). The first-order valence-electron chi connectivity index (χ1n) is 6.65. The van der Waals surface area contributed by atoms with Crippen molar-refractivity contribution in [2.45, 2.75) is 19.9 Å². The number of ether oxygens (including phenoxy) is 1. The molecule has 0 bridgehead atoms. The molecule has 20 heavy (non-hydrogen) atoms. The molecule has 106 valence electrons. The molecule has 1 atom stereocenters. The molecule has 1 N–H and O–H groups in total. The van der Waals surface area contributed by atoms with Gasteiger partial charge in [0.05, 0.1) is 13.2 Å². The van der Waals surface area contributed by atoms with Gasteiger partial charge in [0, 0.05) is 5.56 Å². The van der Waals surface area contributed by atoms with Crippen molar-refractivity contribution < 1.29 is 9.13 Å². The highest BCUT2D eigenvalue weighted by Crippen LogP contribution is 2.32. The number of hydrogen-bond donors (Lipinski definition) is 1. The molecule has 0 aliphatic carbocycles. The van der Waals surface area contributed by atoms with Gasteiger partial charge in [-0.1, -0.05) is 18.2 Å². The average Bonchev–Trinajstić information content (AvgIpc) is 2.44. The molecule has 1 unspecified atom stereocenters. The number of methoxy groups -OCH3 is 1. The molecular formula is C17H20FNO. The zero-order chi connectivity index (χ0) is 14.7. The summed E-state index contributed by atoms with van der Waals surface area (Å²) in [6.45, 7) is 4.16. The summed E-state index contributed by atoms with van der Waals surface area (Å²) in [5.74, 6) is 0.429. The normalized spacial score (nSPS) is 12.2. The topological polar surface area (TPSA) is 21.3 Å². The van der Waals surface area contributed by atoms with E-state index in [1.165, 1.54) is 23.3 Å². The molecule has 0 saturated heterocycles. The number of rotatable bonds is 4. The summed E-state index contributed by atoms with van der Waals surface area (Å²) < 4.78 is 19.0. The zero-order valence-electron chi connectivity index (χ0n) is 12.3. The van der Waals surface area contributed by atoms with Gasteiger partial charge in [-0.05, 0) is 55.8 Å². The highest BCUT2D eigenvalue weighted by atomic mass is 19.1. The van der Waals surface area contributed by atoms with Crippen molar-refractivity contribution in [1.29, 1.82) is 0 Å². The quantitative estimate of drug-likeness (QED) is 0.915. The van der Waals surface area contributed by atoms with Crippen molar-refractivity contribution in [2.24, 2.45) is 0 Å². The fourth-order valence-electron chi connectivity index (χ4n) is 2.50. The van der Waals surface area contributed by atoms with Crippen molar-refractivity contribution in [1.82, 2.24) is 5.32 Å². The van der Waals surface area contributed by atoms with Crippen LogP contribution in [0.3, 0.4) is 0 Å². The number of aryl methyl sites for hydroxylation is 1. The molecule has 0 fully saturated rings. The van der Waals surface area contributed by atoms with Crippen LogP contribution in [0.15, 0.2) is 36.4 Å². The summed E-state index contributed by atoms with van der Waals surface area (Å²) in [6.07, 6.45) is 0. The maximum absolute atomic E-state index is 13.6. The second kappa shape index (κ2) is 6.06. The zero-order valence-corrected chi connectivity index (χ0v) is 12.3. The third-order valence-corrected chi connectivity index (χ3v) is 3.75. The molecule has 2 nitrogen and oxygen atoms in total. The van der Waals surface area contributed by atoms with Crippen LogP contribution in [0.1, 0.15) is 28.3 Å². The van der Waals surface area contributed by atoms with Crippen LogP contribution in [0.5, 0.6) is 5.75 Å². The Labute approximate surface area is 119 Å². The van der Waals surface area contributed by atoms with Crippen LogP contribution in [0.2, 0.25) is 0 Å². The molecule has 0 heterocycles. The lowest BCUT2D eigenvalue weighted by molar-refractivity contribution is 0.403. The predicted molar refractivity (Wildman–Crippen MR) is 79.8 cm³/mol. The summed E-state index contributed by atoms with van der Waals surface area (Å²) in [5.41, 5.74) is 4.37. The lowest BCUT2D eigenvalue weighted by atomic mass is 9.92. The van der Waals surface area contributed by atoms with Crippen molar-refractivity contribution in [2.75, 3.05) is 14.2 Å². The van der Waals surface area contributed by atoms with Crippen molar-refractivity contribution >= 4 is 0 Å². The lowest BCUT2D eigenvalue weighted by Gasteiger charge is -2.22. The Bertz CT molecular complexity index is 610. The average molecular weight is 273 g/mol. The van der Waals surface area contributed by atoms with Gasteiger partial charge < -0.3 is 10.1 Å². The summed E-state index contributed by atoms with van der Waals surface area (Å²) in [7, 11) is 3.48. The van der Waals surface area contributed by atoms with Crippen molar-refractivity contribution in [3.63, 3.8) is 0 Å². The fourth-order valence-corrected chi connectivity index (χ4v) is 2.50. The van der Waals surface area contributed by atoms with E-state index in [-0.39, 0.29) is 11.9 Å². The Balaban J connectivity index is 2.58. The van der Waals surface area contributed by atoms with Crippen LogP contribution in [0.4, 0.5) is 4.39 Å². The molecule has 0 amide bonds. The van der Waals surface area contributed by atoms with E-state index >= 15 is 0 Å². The molecule has 2 aromatic carbocycles. The van der Waals surface area contributed by atoms with Gasteiger partial charge in [0.2, 0.25) is 0 Å². The van der Waals surface area contributed by atoms with Crippen molar-refractivity contribution in [3.05, 3.63) is 64.5 Å². The van der Waals surface area contributed by atoms with E-state index in [0.29, 0.717) is 5.75 Å². The van der Waals surface area contributed by atoms with E-state index in [2.05, 4.69) is 31.3 Å². The van der Waals surface area contributed by atoms with Gasteiger partial charge in [0.1, 0.15) is 11.6 Å². The van der Waals surface area contributed by atoms with Crippen LogP contribution < -0.4 is 10.1 Å². The number of nitrogens with one attached hydrogen (secondary N) is 1. The Kier molecular flexibility index (Phi) is 4.40. The molecule has 2 aromatic rings. The molecular weight excluding hydrogens is 253 g/mol. The minimum Gasteiger partial charge on any atom is -0.496 e. The molecule has 0 radical (unpaired) electrons. The molecule has 0 aromatic heterocycles. The second-order valence-corrected chi connectivity index (χ2v) is 4.90. The van der Waals surface area contributed by atoms with Crippen molar-refractivity contribution in [3.8, 4) is 5.75 Å². The predicted octanol–water partition coefficient (Wildman–Crippen LogP) is 3.76. The number of halogens is 1. The van der Waals surface area contributed by atoms with Crippen LogP contribution in [0, 0.1) is 19.7 Å². The van der Waals surface area contributed by atoms with E-state index < -0.39 is 0 Å².